The van der Waals surface area contributed by atoms with Crippen LogP contribution in [0.3, 0.4) is 0 Å². The van der Waals surface area contributed by atoms with Gasteiger partial charge in [-0.15, -0.1) is 0 Å². The van der Waals surface area contributed by atoms with E-state index < -0.39 is 42.5 Å². The number of thiol groups is 1. The quantitative estimate of drug-likeness (QED) is 0.238. The van der Waals surface area contributed by atoms with Gasteiger partial charge in [0, 0.05) is 18.4 Å². The predicted molar refractivity (Wildman–Crippen MR) is 82.7 cm³/mol. The summed E-state index contributed by atoms with van der Waals surface area (Å²) >= 11 is 3.90. The number of aromatic nitrogens is 2. The number of imidazole rings is 1. The lowest BCUT2D eigenvalue weighted by Crippen LogP contribution is -2.56. The third kappa shape index (κ3) is 5.88. The molecule has 7 N–H and O–H groups in total. The van der Waals surface area contributed by atoms with Crippen LogP contribution in [-0.2, 0) is 20.8 Å². The first-order valence-corrected chi connectivity index (χ1v) is 7.30. The number of aliphatic carboxylic acids is 1. The highest BCUT2D eigenvalue weighted by Gasteiger charge is 2.28. The Labute approximate surface area is 137 Å². The molecule has 0 fully saturated rings. The summed E-state index contributed by atoms with van der Waals surface area (Å²) in [6, 6.07) is -3.48. The van der Waals surface area contributed by atoms with Gasteiger partial charge in [0.15, 0.2) is 0 Å². The molecule has 1 aromatic heterocycles. The van der Waals surface area contributed by atoms with E-state index >= 15 is 0 Å². The molecule has 3 atom stereocenters. The summed E-state index contributed by atoms with van der Waals surface area (Å²) in [4.78, 5) is 41.6. The van der Waals surface area contributed by atoms with Crippen LogP contribution in [0, 0.1) is 0 Å². The average molecular weight is 345 g/mol. The van der Waals surface area contributed by atoms with E-state index in [4.69, 9.17) is 15.9 Å². The molecule has 23 heavy (non-hydrogen) atoms. The number of aliphatic hydroxyl groups is 1. The van der Waals surface area contributed by atoms with Crippen LogP contribution in [0.5, 0.6) is 0 Å². The molecule has 0 spiro atoms. The Hall–Kier alpha value is -2.11. The molecule has 1 heterocycles. The molecule has 10 nitrogen and oxygen atoms in total. The van der Waals surface area contributed by atoms with Crippen LogP contribution in [0.1, 0.15) is 5.69 Å². The summed E-state index contributed by atoms with van der Waals surface area (Å²) in [7, 11) is 0. The number of carboxylic acid groups (broad SMARTS) is 1. The highest BCUT2D eigenvalue weighted by molar-refractivity contribution is 7.80. The molecule has 0 saturated heterocycles. The van der Waals surface area contributed by atoms with Crippen molar-refractivity contribution in [2.75, 3.05) is 12.4 Å². The van der Waals surface area contributed by atoms with Crippen molar-refractivity contribution in [2.24, 2.45) is 5.73 Å². The number of carbonyl (C=O) groups is 3. The SMILES string of the molecule is N[C@@H](CS)C(=O)N[C@@H](Cc1c[nH]cn1)C(=O)N[C@@H](CO)C(=O)O. The minimum atomic E-state index is -1.47. The van der Waals surface area contributed by atoms with Crippen molar-refractivity contribution < 1.29 is 24.6 Å². The number of H-pyrrole nitrogens is 1. The molecule has 0 aliphatic rings. The van der Waals surface area contributed by atoms with Crippen LogP contribution in [0.2, 0.25) is 0 Å². The zero-order valence-electron chi connectivity index (χ0n) is 12.1. The van der Waals surface area contributed by atoms with E-state index in [2.05, 4.69) is 33.2 Å². The van der Waals surface area contributed by atoms with Gasteiger partial charge in [-0.05, 0) is 0 Å². The normalized spacial score (nSPS) is 14.6. The lowest BCUT2D eigenvalue weighted by atomic mass is 10.1. The first-order chi connectivity index (χ1) is 10.9. The van der Waals surface area contributed by atoms with Crippen molar-refractivity contribution in [3.8, 4) is 0 Å². The largest absolute Gasteiger partial charge is 0.480 e. The van der Waals surface area contributed by atoms with Gasteiger partial charge in [-0.1, -0.05) is 0 Å². The van der Waals surface area contributed by atoms with Gasteiger partial charge in [-0.3, -0.25) is 9.59 Å². The van der Waals surface area contributed by atoms with E-state index in [-0.39, 0.29) is 12.2 Å². The molecule has 0 saturated carbocycles. The van der Waals surface area contributed by atoms with E-state index in [1.165, 1.54) is 12.5 Å². The molecule has 0 aliphatic heterocycles. The number of carboxylic acids is 1. The topological polar surface area (TPSA) is 170 Å². The standard InChI is InChI=1S/C12H19N5O5S/c13-7(4-23)10(19)16-8(1-6-2-14-5-15-6)11(20)17-9(3-18)12(21)22/h2,5,7-9,18,23H,1,3-4,13H2,(H,14,15)(H,16,19)(H,17,20)(H,21,22)/t7-,8-,9-/m0/s1. The second-order valence-electron chi connectivity index (χ2n) is 4.70. The molecule has 0 aromatic carbocycles. The Morgan fingerprint density at radius 1 is 1.30 bits per heavy atom. The molecule has 0 bridgehead atoms. The molecule has 0 unspecified atom stereocenters. The Kier molecular flexibility index (Phi) is 7.51. The van der Waals surface area contributed by atoms with Crippen molar-refractivity contribution in [1.29, 1.82) is 0 Å². The van der Waals surface area contributed by atoms with Gasteiger partial charge in [0.1, 0.15) is 12.1 Å². The molecule has 0 aliphatic carbocycles. The van der Waals surface area contributed by atoms with Gasteiger partial charge in [-0.2, -0.15) is 12.6 Å². The first-order valence-electron chi connectivity index (χ1n) is 6.67. The Morgan fingerprint density at radius 2 is 1.96 bits per heavy atom. The van der Waals surface area contributed by atoms with Crippen LogP contribution in [0.4, 0.5) is 0 Å². The molecular formula is C12H19N5O5S. The minimum Gasteiger partial charge on any atom is -0.480 e. The number of aromatic amines is 1. The molecule has 1 aromatic rings. The number of rotatable bonds is 9. The van der Waals surface area contributed by atoms with Gasteiger partial charge in [-0.25, -0.2) is 9.78 Å². The van der Waals surface area contributed by atoms with Crippen molar-refractivity contribution in [1.82, 2.24) is 20.6 Å². The molecule has 2 amide bonds. The number of hydrogen-bond acceptors (Lipinski definition) is 7. The second kappa shape index (κ2) is 9.12. The molecular weight excluding hydrogens is 326 g/mol. The number of nitrogens with one attached hydrogen (secondary N) is 3. The summed E-state index contributed by atoms with van der Waals surface area (Å²) in [5.74, 6) is -2.68. The zero-order chi connectivity index (χ0) is 17.4. The Bertz CT molecular complexity index is 538. The monoisotopic (exact) mass is 345 g/mol. The third-order valence-electron chi connectivity index (χ3n) is 2.93. The third-order valence-corrected chi connectivity index (χ3v) is 3.33. The van der Waals surface area contributed by atoms with E-state index in [1.54, 1.807) is 0 Å². The molecule has 1 rings (SSSR count). The molecule has 11 heteroatoms. The number of aliphatic hydroxyl groups excluding tert-OH is 1. The minimum absolute atomic E-state index is 0.0259. The number of nitrogens with zero attached hydrogens (tertiary/aromatic N) is 1. The maximum atomic E-state index is 12.2. The summed E-state index contributed by atoms with van der Waals surface area (Å²) < 4.78 is 0. The summed E-state index contributed by atoms with van der Waals surface area (Å²) in [6.07, 6.45) is 2.96. The van der Waals surface area contributed by atoms with Gasteiger partial charge >= 0.3 is 5.97 Å². The molecule has 0 radical (unpaired) electrons. The maximum absolute atomic E-state index is 12.2. The van der Waals surface area contributed by atoms with Crippen LogP contribution in [0.25, 0.3) is 0 Å². The van der Waals surface area contributed by atoms with Crippen LogP contribution >= 0.6 is 12.6 Å². The number of hydrogen-bond donors (Lipinski definition) is 7. The molecule has 128 valence electrons. The fourth-order valence-corrected chi connectivity index (χ4v) is 1.81. The lowest BCUT2D eigenvalue weighted by molar-refractivity contribution is -0.143. The number of amides is 2. The summed E-state index contributed by atoms with van der Waals surface area (Å²) in [5, 5.41) is 22.4. The van der Waals surface area contributed by atoms with E-state index in [1.807, 2.05) is 0 Å². The Balaban J connectivity index is 2.82. The fourth-order valence-electron chi connectivity index (χ4n) is 1.64. The van der Waals surface area contributed by atoms with Gasteiger partial charge < -0.3 is 31.6 Å². The zero-order valence-corrected chi connectivity index (χ0v) is 13.0. The highest BCUT2D eigenvalue weighted by Crippen LogP contribution is 2.01. The smallest absolute Gasteiger partial charge is 0.328 e. The van der Waals surface area contributed by atoms with Crippen molar-refractivity contribution >= 4 is 30.4 Å². The van der Waals surface area contributed by atoms with Gasteiger partial charge in [0.2, 0.25) is 11.8 Å². The second-order valence-corrected chi connectivity index (χ2v) is 5.06. The highest BCUT2D eigenvalue weighted by atomic mass is 32.1. The van der Waals surface area contributed by atoms with Crippen molar-refractivity contribution in [3.63, 3.8) is 0 Å². The van der Waals surface area contributed by atoms with E-state index in [0.717, 1.165) is 0 Å². The number of nitrogens with two attached hydrogens (primary N) is 1. The van der Waals surface area contributed by atoms with Crippen LogP contribution < -0.4 is 16.4 Å². The van der Waals surface area contributed by atoms with Crippen molar-refractivity contribution in [3.05, 3.63) is 18.2 Å². The first kappa shape index (κ1) is 18.9. The fraction of sp³-hybridized carbons (Fsp3) is 0.500. The van der Waals surface area contributed by atoms with Crippen LogP contribution in [0.15, 0.2) is 12.5 Å². The Morgan fingerprint density at radius 3 is 2.43 bits per heavy atom. The van der Waals surface area contributed by atoms with E-state index in [0.29, 0.717) is 5.69 Å². The number of carbonyl (C=O) groups excluding carboxylic acids is 2. The average Bonchev–Trinajstić information content (AvgIpc) is 3.03. The summed E-state index contributed by atoms with van der Waals surface area (Å²) in [6.45, 7) is -0.777. The predicted octanol–water partition coefficient (Wildman–Crippen LogP) is -2.74. The van der Waals surface area contributed by atoms with Gasteiger partial charge in [0.05, 0.1) is 24.7 Å². The van der Waals surface area contributed by atoms with Gasteiger partial charge in [0.25, 0.3) is 0 Å². The lowest BCUT2D eigenvalue weighted by Gasteiger charge is -2.21. The maximum Gasteiger partial charge on any atom is 0.328 e. The van der Waals surface area contributed by atoms with E-state index in [9.17, 15) is 14.4 Å². The summed E-state index contributed by atoms with van der Waals surface area (Å²) in [5.41, 5.74) is 6.02. The van der Waals surface area contributed by atoms with Crippen molar-refractivity contribution in [2.45, 2.75) is 24.5 Å². The van der Waals surface area contributed by atoms with Crippen LogP contribution in [-0.4, -0.2) is 68.4 Å².